The lowest BCUT2D eigenvalue weighted by Gasteiger charge is -2.08. The molecule has 0 aliphatic rings. The number of fused-ring (bicyclic) bond motifs is 1. The smallest absolute Gasteiger partial charge is 0.145 e. The highest BCUT2D eigenvalue weighted by Gasteiger charge is 2.03. The zero-order chi connectivity index (χ0) is 12.1. The van der Waals surface area contributed by atoms with Gasteiger partial charge in [-0.2, -0.15) is 0 Å². The van der Waals surface area contributed by atoms with Gasteiger partial charge in [0.05, 0.1) is 6.61 Å². The molecule has 0 atom stereocenters. The van der Waals surface area contributed by atoms with Crippen LogP contribution in [-0.4, -0.2) is 23.3 Å². The van der Waals surface area contributed by atoms with Crippen LogP contribution in [0.3, 0.4) is 0 Å². The van der Waals surface area contributed by atoms with Crippen molar-refractivity contribution in [3.8, 4) is 5.75 Å². The number of aliphatic hydroxyl groups is 1. The van der Waals surface area contributed by atoms with E-state index in [1.54, 1.807) is 0 Å². The number of nitrogens with zero attached hydrogens (tertiary/aromatic N) is 1. The van der Waals surface area contributed by atoms with Crippen molar-refractivity contribution in [3.05, 3.63) is 36.0 Å². The molecule has 1 aromatic heterocycles. The Kier molecular flexibility index (Phi) is 3.94. The van der Waals surface area contributed by atoms with E-state index in [1.165, 1.54) is 0 Å². The molecular weight excluding hydrogens is 214 g/mol. The summed E-state index contributed by atoms with van der Waals surface area (Å²) in [6, 6.07) is 9.99. The van der Waals surface area contributed by atoms with Crippen LogP contribution in [0.2, 0.25) is 0 Å². The average molecular weight is 231 g/mol. The van der Waals surface area contributed by atoms with Gasteiger partial charge in [-0.25, -0.2) is 4.98 Å². The van der Waals surface area contributed by atoms with Crippen molar-refractivity contribution in [2.24, 2.45) is 0 Å². The molecule has 0 saturated heterocycles. The Bertz CT molecular complexity index is 497. The van der Waals surface area contributed by atoms with Gasteiger partial charge in [0.15, 0.2) is 0 Å². The minimum atomic E-state index is 0.219. The highest BCUT2D eigenvalue weighted by Crippen LogP contribution is 2.23. The summed E-state index contributed by atoms with van der Waals surface area (Å²) in [5, 5.41) is 9.80. The number of unbranched alkanes of at least 4 members (excludes halogenated alkanes) is 1. The average Bonchev–Trinajstić information content (AvgIpc) is 2.35. The molecule has 0 aliphatic heterocycles. The molecule has 1 aromatic carbocycles. The summed E-state index contributed by atoms with van der Waals surface area (Å²) in [6.45, 7) is 2.81. The molecule has 3 nitrogen and oxygen atoms in total. The lowest BCUT2D eigenvalue weighted by Crippen LogP contribution is -1.99. The first-order valence-electron chi connectivity index (χ1n) is 5.91. The van der Waals surface area contributed by atoms with E-state index >= 15 is 0 Å². The Labute approximate surface area is 101 Å². The number of pyridine rings is 1. The second-order valence-electron chi connectivity index (χ2n) is 4.06. The summed E-state index contributed by atoms with van der Waals surface area (Å²) in [6.07, 6.45) is 1.63. The fourth-order valence-electron chi connectivity index (χ4n) is 1.73. The predicted octanol–water partition coefficient (Wildman–Crippen LogP) is 2.69. The Morgan fingerprint density at radius 2 is 2.06 bits per heavy atom. The summed E-state index contributed by atoms with van der Waals surface area (Å²) < 4.78 is 5.70. The third-order valence-electron chi connectivity index (χ3n) is 2.63. The Morgan fingerprint density at radius 3 is 2.88 bits per heavy atom. The van der Waals surface area contributed by atoms with Gasteiger partial charge in [-0.3, -0.25) is 0 Å². The zero-order valence-corrected chi connectivity index (χ0v) is 10.0. The number of aliphatic hydroxyl groups excluding tert-OH is 1. The molecule has 2 aromatic rings. The molecule has 0 fully saturated rings. The molecule has 0 spiro atoms. The molecule has 17 heavy (non-hydrogen) atoms. The van der Waals surface area contributed by atoms with Crippen LogP contribution in [-0.2, 0) is 0 Å². The number of hydrogen-bond acceptors (Lipinski definition) is 3. The van der Waals surface area contributed by atoms with Gasteiger partial charge in [-0.1, -0.05) is 18.2 Å². The number of aryl methyl sites for hydroxylation is 1. The number of hydrogen-bond donors (Lipinski definition) is 1. The van der Waals surface area contributed by atoms with Crippen molar-refractivity contribution in [1.29, 1.82) is 0 Å². The van der Waals surface area contributed by atoms with Crippen LogP contribution in [0.25, 0.3) is 10.9 Å². The summed E-state index contributed by atoms with van der Waals surface area (Å²) in [4.78, 5) is 4.50. The molecule has 90 valence electrons. The Morgan fingerprint density at radius 1 is 1.18 bits per heavy atom. The van der Waals surface area contributed by atoms with E-state index in [-0.39, 0.29) is 6.61 Å². The maximum absolute atomic E-state index is 8.70. The second kappa shape index (κ2) is 5.64. The molecule has 1 heterocycles. The molecule has 3 heteroatoms. The minimum Gasteiger partial charge on any atom is -0.491 e. The number of para-hydroxylation sites is 1. The summed E-state index contributed by atoms with van der Waals surface area (Å²) >= 11 is 0. The Hall–Kier alpha value is -1.61. The van der Waals surface area contributed by atoms with Crippen LogP contribution in [0.4, 0.5) is 0 Å². The van der Waals surface area contributed by atoms with E-state index in [9.17, 15) is 0 Å². The van der Waals surface area contributed by atoms with Gasteiger partial charge in [-0.15, -0.1) is 0 Å². The first-order valence-corrected chi connectivity index (χ1v) is 5.91. The fraction of sp³-hybridized carbons (Fsp3) is 0.357. The third-order valence-corrected chi connectivity index (χ3v) is 2.63. The van der Waals surface area contributed by atoms with Crippen molar-refractivity contribution in [3.63, 3.8) is 0 Å². The largest absolute Gasteiger partial charge is 0.491 e. The first-order chi connectivity index (χ1) is 8.31. The van der Waals surface area contributed by atoms with Gasteiger partial charge in [0, 0.05) is 17.7 Å². The highest BCUT2D eigenvalue weighted by atomic mass is 16.5. The quantitative estimate of drug-likeness (QED) is 0.804. The highest BCUT2D eigenvalue weighted by molar-refractivity contribution is 5.84. The van der Waals surface area contributed by atoms with Crippen LogP contribution in [0.5, 0.6) is 5.75 Å². The second-order valence-corrected chi connectivity index (χ2v) is 4.06. The van der Waals surface area contributed by atoms with Gasteiger partial charge in [0.2, 0.25) is 0 Å². The lowest BCUT2D eigenvalue weighted by atomic mass is 10.2. The van der Waals surface area contributed by atoms with Gasteiger partial charge in [0.25, 0.3) is 0 Å². The number of aromatic nitrogens is 1. The van der Waals surface area contributed by atoms with E-state index in [4.69, 9.17) is 9.84 Å². The normalized spacial score (nSPS) is 10.7. The molecule has 0 saturated carbocycles. The monoisotopic (exact) mass is 231 g/mol. The van der Waals surface area contributed by atoms with E-state index in [0.29, 0.717) is 6.61 Å². The standard InChI is InChI=1S/C14H17NO2/c1-11-7-8-12-5-4-6-13(14(12)15-11)17-10-3-2-9-16/h4-8,16H,2-3,9-10H2,1H3. The minimum absolute atomic E-state index is 0.219. The van der Waals surface area contributed by atoms with Gasteiger partial charge >= 0.3 is 0 Å². The number of rotatable bonds is 5. The molecule has 1 N–H and O–H groups in total. The zero-order valence-electron chi connectivity index (χ0n) is 10.0. The summed E-state index contributed by atoms with van der Waals surface area (Å²) in [5.41, 5.74) is 1.90. The number of ether oxygens (including phenoxy) is 1. The maximum atomic E-state index is 8.70. The van der Waals surface area contributed by atoms with Crippen LogP contribution >= 0.6 is 0 Å². The Balaban J connectivity index is 2.18. The van der Waals surface area contributed by atoms with Crippen LogP contribution in [0.15, 0.2) is 30.3 Å². The van der Waals surface area contributed by atoms with Gasteiger partial charge < -0.3 is 9.84 Å². The van der Waals surface area contributed by atoms with Crippen molar-refractivity contribution in [2.45, 2.75) is 19.8 Å². The SMILES string of the molecule is Cc1ccc2cccc(OCCCCO)c2n1. The summed E-state index contributed by atoms with van der Waals surface area (Å²) in [7, 11) is 0. The van der Waals surface area contributed by atoms with E-state index in [2.05, 4.69) is 11.1 Å². The third kappa shape index (κ3) is 2.94. The van der Waals surface area contributed by atoms with Gasteiger partial charge in [-0.05, 0) is 31.9 Å². The molecule has 0 radical (unpaired) electrons. The van der Waals surface area contributed by atoms with Crippen LogP contribution in [0.1, 0.15) is 18.5 Å². The van der Waals surface area contributed by atoms with Crippen LogP contribution < -0.4 is 4.74 Å². The van der Waals surface area contributed by atoms with Crippen molar-refractivity contribution in [1.82, 2.24) is 4.98 Å². The van der Waals surface area contributed by atoms with Crippen LogP contribution in [0, 0.1) is 6.92 Å². The first kappa shape index (κ1) is 11.9. The van der Waals surface area contributed by atoms with Crippen molar-refractivity contribution >= 4 is 10.9 Å². The topological polar surface area (TPSA) is 42.4 Å². The summed E-state index contributed by atoms with van der Waals surface area (Å²) in [5.74, 6) is 0.823. The molecule has 0 bridgehead atoms. The predicted molar refractivity (Wildman–Crippen MR) is 68.3 cm³/mol. The molecule has 2 rings (SSSR count). The lowest BCUT2D eigenvalue weighted by molar-refractivity contribution is 0.254. The van der Waals surface area contributed by atoms with Crippen molar-refractivity contribution in [2.75, 3.05) is 13.2 Å². The maximum Gasteiger partial charge on any atom is 0.145 e. The molecule has 0 aliphatic carbocycles. The molecular formula is C14H17NO2. The number of benzene rings is 1. The molecule has 0 amide bonds. The van der Waals surface area contributed by atoms with Gasteiger partial charge in [0.1, 0.15) is 11.3 Å². The van der Waals surface area contributed by atoms with E-state index < -0.39 is 0 Å². The fourth-order valence-corrected chi connectivity index (χ4v) is 1.73. The molecule has 0 unspecified atom stereocenters. The van der Waals surface area contributed by atoms with E-state index in [1.807, 2.05) is 31.2 Å². The van der Waals surface area contributed by atoms with E-state index in [0.717, 1.165) is 35.2 Å². The van der Waals surface area contributed by atoms with Crippen molar-refractivity contribution < 1.29 is 9.84 Å².